The fourth-order valence-corrected chi connectivity index (χ4v) is 4.07. The summed E-state index contributed by atoms with van der Waals surface area (Å²) < 4.78 is 6.11. The lowest BCUT2D eigenvalue weighted by atomic mass is 9.70. The number of aryl methyl sites for hydroxylation is 1. The van der Waals surface area contributed by atoms with Crippen LogP contribution in [0.5, 0.6) is 0 Å². The van der Waals surface area contributed by atoms with Crippen molar-refractivity contribution in [2.75, 3.05) is 13.2 Å². The highest BCUT2D eigenvalue weighted by atomic mass is 16.5. The molecule has 1 saturated carbocycles. The Labute approximate surface area is 129 Å². The van der Waals surface area contributed by atoms with E-state index in [0.29, 0.717) is 6.04 Å². The maximum Gasteiger partial charge on any atom is 0.0685 e. The highest BCUT2D eigenvalue weighted by Gasteiger charge is 2.44. The summed E-state index contributed by atoms with van der Waals surface area (Å²) in [6.07, 6.45) is 7.55. The second-order valence-electron chi connectivity index (χ2n) is 6.93. The second kappa shape index (κ2) is 6.50. The van der Waals surface area contributed by atoms with Crippen molar-refractivity contribution in [2.45, 2.75) is 64.0 Å². The van der Waals surface area contributed by atoms with Gasteiger partial charge in [0.1, 0.15) is 0 Å². The number of benzene rings is 1. The van der Waals surface area contributed by atoms with E-state index in [4.69, 9.17) is 4.74 Å². The molecule has 21 heavy (non-hydrogen) atoms. The molecule has 2 heteroatoms. The van der Waals surface area contributed by atoms with Gasteiger partial charge in [-0.05, 0) is 69.0 Å². The van der Waals surface area contributed by atoms with Crippen molar-refractivity contribution < 1.29 is 4.74 Å². The molecule has 0 bridgehead atoms. The van der Waals surface area contributed by atoms with E-state index in [0.717, 1.165) is 25.5 Å². The maximum absolute atomic E-state index is 6.11. The van der Waals surface area contributed by atoms with Crippen LogP contribution in [0.2, 0.25) is 0 Å². The minimum atomic E-state index is 0.252. The number of rotatable bonds is 5. The molecule has 1 heterocycles. The van der Waals surface area contributed by atoms with Crippen LogP contribution in [0, 0.1) is 12.8 Å². The lowest BCUT2D eigenvalue weighted by Gasteiger charge is -2.49. The van der Waals surface area contributed by atoms with Crippen molar-refractivity contribution in [1.82, 2.24) is 5.32 Å². The molecule has 3 rings (SSSR count). The molecule has 0 radical (unpaired) electrons. The summed E-state index contributed by atoms with van der Waals surface area (Å²) in [6.45, 7) is 6.47. The molecule has 2 atom stereocenters. The van der Waals surface area contributed by atoms with E-state index in [1.807, 2.05) is 0 Å². The van der Waals surface area contributed by atoms with E-state index in [2.05, 4.69) is 43.4 Å². The Bertz CT molecular complexity index is 466. The molecule has 1 aliphatic carbocycles. The van der Waals surface area contributed by atoms with E-state index >= 15 is 0 Å². The van der Waals surface area contributed by atoms with Crippen LogP contribution >= 0.6 is 0 Å². The van der Waals surface area contributed by atoms with Crippen molar-refractivity contribution in [2.24, 2.45) is 5.92 Å². The fraction of sp³-hybridized carbons (Fsp3) is 0.684. The zero-order valence-electron chi connectivity index (χ0n) is 13.5. The fourth-order valence-electron chi connectivity index (χ4n) is 4.07. The molecule has 1 aromatic carbocycles. The van der Waals surface area contributed by atoms with Crippen molar-refractivity contribution in [3.05, 3.63) is 35.4 Å². The van der Waals surface area contributed by atoms with Crippen LogP contribution in [-0.4, -0.2) is 24.8 Å². The van der Waals surface area contributed by atoms with Gasteiger partial charge >= 0.3 is 0 Å². The Balaban J connectivity index is 1.70. The molecule has 1 N–H and O–H groups in total. The first-order valence-corrected chi connectivity index (χ1v) is 8.64. The van der Waals surface area contributed by atoms with Crippen molar-refractivity contribution in [3.8, 4) is 0 Å². The minimum Gasteiger partial charge on any atom is -0.375 e. The highest BCUT2D eigenvalue weighted by molar-refractivity contribution is 5.26. The molecular weight excluding hydrogens is 258 g/mol. The van der Waals surface area contributed by atoms with Gasteiger partial charge in [0.15, 0.2) is 0 Å². The van der Waals surface area contributed by atoms with Crippen LogP contribution in [0.4, 0.5) is 0 Å². The van der Waals surface area contributed by atoms with Crippen LogP contribution in [0.3, 0.4) is 0 Å². The largest absolute Gasteiger partial charge is 0.375 e. The monoisotopic (exact) mass is 287 g/mol. The summed E-state index contributed by atoms with van der Waals surface area (Å²) in [6, 6.07) is 9.42. The third-order valence-electron chi connectivity index (χ3n) is 5.53. The highest BCUT2D eigenvalue weighted by Crippen LogP contribution is 2.45. The second-order valence-corrected chi connectivity index (χ2v) is 6.93. The van der Waals surface area contributed by atoms with Gasteiger partial charge in [-0.2, -0.15) is 0 Å². The Morgan fingerprint density at radius 1 is 1.33 bits per heavy atom. The quantitative estimate of drug-likeness (QED) is 0.888. The topological polar surface area (TPSA) is 21.3 Å². The van der Waals surface area contributed by atoms with Crippen LogP contribution in [0.25, 0.3) is 0 Å². The summed E-state index contributed by atoms with van der Waals surface area (Å²) in [4.78, 5) is 0. The first kappa shape index (κ1) is 15.1. The summed E-state index contributed by atoms with van der Waals surface area (Å²) in [5, 5.41) is 3.76. The van der Waals surface area contributed by atoms with E-state index in [1.54, 1.807) is 0 Å². The predicted molar refractivity (Wildman–Crippen MR) is 87.6 cm³/mol. The Kier molecular flexibility index (Phi) is 4.66. The van der Waals surface area contributed by atoms with Gasteiger partial charge in [-0.25, -0.2) is 0 Å². The van der Waals surface area contributed by atoms with Gasteiger partial charge in [-0.1, -0.05) is 31.2 Å². The predicted octanol–water partition coefficient (Wildman–Crippen LogP) is 3.86. The molecule has 0 amide bonds. The zero-order chi connectivity index (χ0) is 14.7. The molecule has 1 spiro atoms. The number of ether oxygens (including phenoxy) is 1. The summed E-state index contributed by atoms with van der Waals surface area (Å²) in [7, 11) is 0. The summed E-state index contributed by atoms with van der Waals surface area (Å²) in [5.41, 5.74) is 3.17. The summed E-state index contributed by atoms with van der Waals surface area (Å²) >= 11 is 0. The van der Waals surface area contributed by atoms with Crippen LogP contribution in [-0.2, 0) is 11.2 Å². The SMILES string of the molecule is CCNC(Cc1ccccc1C)C1CCOC2(CCC2)C1. The normalized spacial score (nSPS) is 25.5. The van der Waals surface area contributed by atoms with Crippen molar-refractivity contribution in [1.29, 1.82) is 0 Å². The van der Waals surface area contributed by atoms with Crippen LogP contribution in [0.15, 0.2) is 24.3 Å². The minimum absolute atomic E-state index is 0.252. The van der Waals surface area contributed by atoms with Crippen molar-refractivity contribution in [3.63, 3.8) is 0 Å². The van der Waals surface area contributed by atoms with Gasteiger partial charge in [-0.3, -0.25) is 0 Å². The van der Waals surface area contributed by atoms with E-state index in [9.17, 15) is 0 Å². The van der Waals surface area contributed by atoms with Gasteiger partial charge in [0, 0.05) is 12.6 Å². The third kappa shape index (κ3) is 3.32. The lowest BCUT2D eigenvalue weighted by molar-refractivity contribution is -0.147. The first-order valence-electron chi connectivity index (χ1n) is 8.64. The molecule has 2 unspecified atom stereocenters. The molecule has 2 aliphatic rings. The number of likely N-dealkylation sites (N-methyl/N-ethyl adjacent to an activating group) is 1. The number of hydrogen-bond donors (Lipinski definition) is 1. The van der Waals surface area contributed by atoms with E-state index in [1.165, 1.54) is 43.2 Å². The van der Waals surface area contributed by atoms with Gasteiger partial charge in [-0.15, -0.1) is 0 Å². The zero-order valence-corrected chi connectivity index (χ0v) is 13.5. The van der Waals surface area contributed by atoms with E-state index < -0.39 is 0 Å². The standard InChI is InChI=1S/C19H29NO/c1-3-20-18(13-16-8-5-4-7-15(16)2)17-9-12-21-19(14-17)10-6-11-19/h4-5,7-8,17-18,20H,3,6,9-14H2,1-2H3. The average Bonchev–Trinajstić information content (AvgIpc) is 2.47. The molecule has 0 aromatic heterocycles. The van der Waals surface area contributed by atoms with Gasteiger partial charge in [0.25, 0.3) is 0 Å². The molecule has 1 aliphatic heterocycles. The Morgan fingerprint density at radius 3 is 2.81 bits per heavy atom. The summed E-state index contributed by atoms with van der Waals surface area (Å²) in [5.74, 6) is 0.763. The smallest absolute Gasteiger partial charge is 0.0685 e. The molecule has 116 valence electrons. The van der Waals surface area contributed by atoms with Gasteiger partial charge in [0.05, 0.1) is 5.60 Å². The van der Waals surface area contributed by atoms with Gasteiger partial charge < -0.3 is 10.1 Å². The maximum atomic E-state index is 6.11. The first-order chi connectivity index (χ1) is 10.2. The average molecular weight is 287 g/mol. The number of hydrogen-bond acceptors (Lipinski definition) is 2. The van der Waals surface area contributed by atoms with Crippen LogP contribution in [0.1, 0.15) is 50.2 Å². The Morgan fingerprint density at radius 2 is 2.14 bits per heavy atom. The number of nitrogens with one attached hydrogen (secondary N) is 1. The molecule has 2 fully saturated rings. The Hall–Kier alpha value is -0.860. The molecule has 1 saturated heterocycles. The third-order valence-corrected chi connectivity index (χ3v) is 5.53. The van der Waals surface area contributed by atoms with E-state index in [-0.39, 0.29) is 5.60 Å². The molecule has 2 nitrogen and oxygen atoms in total. The van der Waals surface area contributed by atoms with Crippen molar-refractivity contribution >= 4 is 0 Å². The van der Waals surface area contributed by atoms with Gasteiger partial charge in [0.2, 0.25) is 0 Å². The molecule has 1 aromatic rings. The molecular formula is C19H29NO. The van der Waals surface area contributed by atoms with Crippen LogP contribution < -0.4 is 5.32 Å². The lowest BCUT2D eigenvalue weighted by Crippen LogP contribution is -2.50.